The second kappa shape index (κ2) is 8.46. The van der Waals surface area contributed by atoms with Crippen LogP contribution in [0.5, 0.6) is 5.75 Å². The Kier molecular flexibility index (Phi) is 5.82. The molecule has 6 nitrogen and oxygen atoms in total. The number of benzene rings is 1. The maximum Gasteiger partial charge on any atom is 0.271 e. The topological polar surface area (TPSA) is 76.1 Å². The monoisotopic (exact) mass is 340 g/mol. The summed E-state index contributed by atoms with van der Waals surface area (Å²) in [5.41, 5.74) is 1.39. The van der Waals surface area contributed by atoms with Gasteiger partial charge in [0.2, 0.25) is 0 Å². The zero-order chi connectivity index (χ0) is 17.5. The van der Waals surface area contributed by atoms with Gasteiger partial charge in [-0.15, -0.1) is 0 Å². The Morgan fingerprint density at radius 3 is 2.72 bits per heavy atom. The smallest absolute Gasteiger partial charge is 0.271 e. The fourth-order valence-corrected chi connectivity index (χ4v) is 3.11. The molecule has 0 spiro atoms. The number of methoxy groups -OCH3 is 1. The van der Waals surface area contributed by atoms with Crippen LogP contribution in [0, 0.1) is 0 Å². The standard InChI is InChI=1S/C19H24N4O2/c1-25-17-9-5-2-6-14(17)10-11-20-19(24)16-12-22-18(13-21-16)23-15-7-3-4-8-15/h2,5-6,9,12-13,15H,3-4,7-8,10-11H2,1H3,(H,20,24)(H,22,23). The first-order chi connectivity index (χ1) is 12.3. The molecule has 0 bridgehead atoms. The molecule has 0 radical (unpaired) electrons. The van der Waals surface area contributed by atoms with Crippen molar-refractivity contribution < 1.29 is 9.53 Å². The van der Waals surface area contributed by atoms with Crippen LogP contribution in [0.15, 0.2) is 36.7 Å². The van der Waals surface area contributed by atoms with Gasteiger partial charge in [0.25, 0.3) is 5.91 Å². The lowest BCUT2D eigenvalue weighted by Crippen LogP contribution is -2.27. The van der Waals surface area contributed by atoms with Crippen molar-refractivity contribution >= 4 is 11.7 Å². The van der Waals surface area contributed by atoms with E-state index in [1.807, 2.05) is 24.3 Å². The average Bonchev–Trinajstić information content (AvgIpc) is 3.15. The third kappa shape index (κ3) is 4.68. The van der Waals surface area contributed by atoms with Gasteiger partial charge in [-0.3, -0.25) is 4.79 Å². The van der Waals surface area contributed by atoms with Crippen molar-refractivity contribution in [2.45, 2.75) is 38.1 Å². The van der Waals surface area contributed by atoms with E-state index in [-0.39, 0.29) is 5.91 Å². The quantitative estimate of drug-likeness (QED) is 0.810. The summed E-state index contributed by atoms with van der Waals surface area (Å²) >= 11 is 0. The van der Waals surface area contributed by atoms with Crippen molar-refractivity contribution in [1.82, 2.24) is 15.3 Å². The van der Waals surface area contributed by atoms with Crippen LogP contribution in [-0.4, -0.2) is 35.6 Å². The first-order valence-corrected chi connectivity index (χ1v) is 8.75. The summed E-state index contributed by atoms with van der Waals surface area (Å²) in [5.74, 6) is 1.35. The van der Waals surface area contributed by atoms with E-state index in [4.69, 9.17) is 4.74 Å². The first kappa shape index (κ1) is 17.2. The van der Waals surface area contributed by atoms with Gasteiger partial charge < -0.3 is 15.4 Å². The first-order valence-electron chi connectivity index (χ1n) is 8.75. The van der Waals surface area contributed by atoms with Crippen LogP contribution in [0.25, 0.3) is 0 Å². The maximum absolute atomic E-state index is 12.2. The minimum absolute atomic E-state index is 0.213. The van der Waals surface area contributed by atoms with Crippen LogP contribution >= 0.6 is 0 Å². The Morgan fingerprint density at radius 2 is 2.00 bits per heavy atom. The number of para-hydroxylation sites is 1. The Morgan fingerprint density at radius 1 is 1.20 bits per heavy atom. The molecule has 0 saturated heterocycles. The van der Waals surface area contributed by atoms with E-state index >= 15 is 0 Å². The number of hydrogen-bond acceptors (Lipinski definition) is 5. The molecule has 1 aliphatic rings. The van der Waals surface area contributed by atoms with E-state index in [2.05, 4.69) is 20.6 Å². The van der Waals surface area contributed by atoms with Crippen molar-refractivity contribution in [3.05, 3.63) is 47.9 Å². The molecule has 1 aromatic carbocycles. The number of anilines is 1. The molecule has 1 aromatic heterocycles. The molecule has 3 rings (SSSR count). The molecule has 1 heterocycles. The van der Waals surface area contributed by atoms with Crippen LogP contribution in [0.4, 0.5) is 5.82 Å². The predicted molar refractivity (Wildman–Crippen MR) is 96.9 cm³/mol. The van der Waals surface area contributed by atoms with Gasteiger partial charge in [0.15, 0.2) is 0 Å². The number of ether oxygens (including phenoxy) is 1. The summed E-state index contributed by atoms with van der Waals surface area (Å²) in [6.07, 6.45) is 8.73. The van der Waals surface area contributed by atoms with Crippen LogP contribution in [0.3, 0.4) is 0 Å². The Labute approximate surface area is 148 Å². The molecule has 0 atom stereocenters. The molecule has 1 saturated carbocycles. The summed E-state index contributed by atoms with van der Waals surface area (Å²) in [5, 5.41) is 6.24. The van der Waals surface area contributed by atoms with Crippen molar-refractivity contribution in [3.63, 3.8) is 0 Å². The zero-order valence-electron chi connectivity index (χ0n) is 14.5. The summed E-state index contributed by atoms with van der Waals surface area (Å²) in [4.78, 5) is 20.7. The lowest BCUT2D eigenvalue weighted by Gasteiger charge is -2.12. The van der Waals surface area contributed by atoms with Crippen molar-refractivity contribution in [3.8, 4) is 5.75 Å². The van der Waals surface area contributed by atoms with Crippen LogP contribution in [-0.2, 0) is 6.42 Å². The lowest BCUT2D eigenvalue weighted by molar-refractivity contribution is 0.0948. The molecular formula is C19H24N4O2. The second-order valence-electron chi connectivity index (χ2n) is 6.23. The van der Waals surface area contributed by atoms with E-state index in [1.54, 1.807) is 13.3 Å². The SMILES string of the molecule is COc1ccccc1CCNC(=O)c1cnc(NC2CCCC2)cn1. The van der Waals surface area contributed by atoms with Gasteiger partial charge in [-0.1, -0.05) is 31.0 Å². The molecule has 0 aliphatic heterocycles. The van der Waals surface area contributed by atoms with Gasteiger partial charge in [0.1, 0.15) is 17.3 Å². The van der Waals surface area contributed by atoms with E-state index in [0.717, 1.165) is 17.1 Å². The Bertz CT molecular complexity index is 697. The molecule has 132 valence electrons. The minimum Gasteiger partial charge on any atom is -0.496 e. The lowest BCUT2D eigenvalue weighted by atomic mass is 10.1. The van der Waals surface area contributed by atoms with Gasteiger partial charge in [0.05, 0.1) is 19.5 Å². The number of aromatic nitrogens is 2. The molecule has 2 aromatic rings. The number of nitrogens with one attached hydrogen (secondary N) is 2. The third-order valence-corrected chi connectivity index (χ3v) is 4.46. The zero-order valence-corrected chi connectivity index (χ0v) is 14.5. The van der Waals surface area contributed by atoms with Gasteiger partial charge in [-0.25, -0.2) is 9.97 Å². The molecule has 1 amide bonds. The van der Waals surface area contributed by atoms with Crippen LogP contribution in [0.2, 0.25) is 0 Å². The summed E-state index contributed by atoms with van der Waals surface area (Å²) < 4.78 is 5.31. The average molecular weight is 340 g/mol. The van der Waals surface area contributed by atoms with Gasteiger partial charge in [0, 0.05) is 12.6 Å². The second-order valence-corrected chi connectivity index (χ2v) is 6.23. The summed E-state index contributed by atoms with van der Waals surface area (Å²) in [6.45, 7) is 0.517. The van der Waals surface area contributed by atoms with E-state index in [1.165, 1.54) is 31.9 Å². The van der Waals surface area contributed by atoms with E-state index in [0.29, 0.717) is 24.7 Å². The van der Waals surface area contributed by atoms with Crippen molar-refractivity contribution in [2.75, 3.05) is 19.0 Å². The highest BCUT2D eigenvalue weighted by Crippen LogP contribution is 2.21. The van der Waals surface area contributed by atoms with Gasteiger partial charge in [-0.2, -0.15) is 0 Å². The number of amides is 1. The number of carbonyl (C=O) groups is 1. The summed E-state index contributed by atoms with van der Waals surface area (Å²) in [6, 6.07) is 8.28. The highest BCUT2D eigenvalue weighted by atomic mass is 16.5. The number of carbonyl (C=O) groups excluding carboxylic acids is 1. The summed E-state index contributed by atoms with van der Waals surface area (Å²) in [7, 11) is 1.65. The number of hydrogen-bond donors (Lipinski definition) is 2. The minimum atomic E-state index is -0.213. The maximum atomic E-state index is 12.2. The Hall–Kier alpha value is -2.63. The highest BCUT2D eigenvalue weighted by molar-refractivity contribution is 5.92. The highest BCUT2D eigenvalue weighted by Gasteiger charge is 2.15. The Balaban J connectivity index is 1.49. The third-order valence-electron chi connectivity index (χ3n) is 4.46. The molecule has 6 heteroatoms. The number of rotatable bonds is 7. The van der Waals surface area contributed by atoms with Crippen molar-refractivity contribution in [1.29, 1.82) is 0 Å². The fourth-order valence-electron chi connectivity index (χ4n) is 3.11. The predicted octanol–water partition coefficient (Wildman–Crippen LogP) is 2.81. The van der Waals surface area contributed by atoms with Gasteiger partial charge in [-0.05, 0) is 30.9 Å². The van der Waals surface area contributed by atoms with Crippen LogP contribution in [0.1, 0.15) is 41.7 Å². The van der Waals surface area contributed by atoms with Gasteiger partial charge >= 0.3 is 0 Å². The fraction of sp³-hybridized carbons (Fsp3) is 0.421. The molecule has 2 N–H and O–H groups in total. The number of nitrogens with zero attached hydrogens (tertiary/aromatic N) is 2. The molecule has 1 aliphatic carbocycles. The normalized spacial score (nSPS) is 14.3. The van der Waals surface area contributed by atoms with E-state index in [9.17, 15) is 4.79 Å². The molecule has 0 unspecified atom stereocenters. The van der Waals surface area contributed by atoms with E-state index < -0.39 is 0 Å². The largest absolute Gasteiger partial charge is 0.496 e. The van der Waals surface area contributed by atoms with Crippen LogP contribution < -0.4 is 15.4 Å². The molecular weight excluding hydrogens is 316 g/mol. The molecule has 1 fully saturated rings. The molecule has 25 heavy (non-hydrogen) atoms. The van der Waals surface area contributed by atoms with Crippen molar-refractivity contribution in [2.24, 2.45) is 0 Å².